The SMILES string of the molecule is S=C1NC(Cc2cccs2)=N[N+]12CCOCC2. The monoisotopic (exact) mass is 268 g/mol. The molecule has 0 atom stereocenters. The van der Waals surface area contributed by atoms with Crippen LogP contribution in [0.4, 0.5) is 0 Å². The molecule has 1 aromatic heterocycles. The summed E-state index contributed by atoms with van der Waals surface area (Å²) >= 11 is 7.17. The predicted molar refractivity (Wildman–Crippen MR) is 72.0 cm³/mol. The topological polar surface area (TPSA) is 33.6 Å². The molecular formula is C11H14N3OS2+. The molecule has 3 heterocycles. The summed E-state index contributed by atoms with van der Waals surface area (Å²) in [5, 5.41) is 10.9. The lowest BCUT2D eigenvalue weighted by atomic mass is 10.3. The van der Waals surface area contributed by atoms with E-state index < -0.39 is 0 Å². The normalized spacial score (nSPS) is 22.6. The van der Waals surface area contributed by atoms with E-state index >= 15 is 0 Å². The van der Waals surface area contributed by atoms with Crippen molar-refractivity contribution in [3.63, 3.8) is 0 Å². The van der Waals surface area contributed by atoms with Crippen LogP contribution in [0.15, 0.2) is 22.6 Å². The van der Waals surface area contributed by atoms with Crippen LogP contribution in [0.3, 0.4) is 0 Å². The first-order valence-electron chi connectivity index (χ1n) is 5.66. The van der Waals surface area contributed by atoms with Gasteiger partial charge in [-0.05, 0) is 11.4 Å². The second-order valence-electron chi connectivity index (χ2n) is 4.22. The standard InChI is InChI=1S/C11H13N3OS2/c16-11-12-10(8-9-2-1-7-17-9)13-14(11)3-5-15-6-4-14/h1-2,7H,3-6,8H2/p+1. The van der Waals surface area contributed by atoms with Gasteiger partial charge >= 0.3 is 5.11 Å². The zero-order valence-corrected chi connectivity index (χ0v) is 11.0. The molecular weight excluding hydrogens is 254 g/mol. The number of nitrogens with one attached hydrogen (secondary N) is 1. The van der Waals surface area contributed by atoms with Gasteiger partial charge in [0.1, 0.15) is 13.1 Å². The number of morpholine rings is 1. The molecule has 1 spiro atoms. The molecule has 0 aliphatic carbocycles. The predicted octanol–water partition coefficient (Wildman–Crippen LogP) is 1.34. The Labute approximate surface area is 109 Å². The first-order valence-corrected chi connectivity index (χ1v) is 6.95. The Hall–Kier alpha value is -0.820. The number of nitrogens with zero attached hydrogens (tertiary/aromatic N) is 2. The lowest BCUT2D eigenvalue weighted by molar-refractivity contribution is -0.853. The van der Waals surface area contributed by atoms with Crippen molar-refractivity contribution in [3.05, 3.63) is 22.4 Å². The molecule has 0 bridgehead atoms. The molecule has 0 radical (unpaired) electrons. The number of hydrogen-bond donors (Lipinski definition) is 1. The van der Waals surface area contributed by atoms with Crippen molar-refractivity contribution in [2.24, 2.45) is 5.10 Å². The van der Waals surface area contributed by atoms with Gasteiger partial charge in [-0.1, -0.05) is 11.2 Å². The van der Waals surface area contributed by atoms with Crippen LogP contribution in [0, 0.1) is 0 Å². The Morgan fingerprint density at radius 1 is 1.47 bits per heavy atom. The van der Waals surface area contributed by atoms with Crippen molar-refractivity contribution in [2.75, 3.05) is 26.3 Å². The Morgan fingerprint density at radius 2 is 2.29 bits per heavy atom. The van der Waals surface area contributed by atoms with E-state index in [0.29, 0.717) is 4.59 Å². The second-order valence-corrected chi connectivity index (χ2v) is 5.63. The molecule has 2 aliphatic rings. The summed E-state index contributed by atoms with van der Waals surface area (Å²) < 4.78 is 5.91. The summed E-state index contributed by atoms with van der Waals surface area (Å²) in [4.78, 5) is 1.31. The van der Waals surface area contributed by atoms with Gasteiger partial charge in [-0.3, -0.25) is 5.32 Å². The van der Waals surface area contributed by atoms with Crippen molar-refractivity contribution in [1.29, 1.82) is 0 Å². The number of ether oxygens (including phenoxy) is 1. The van der Waals surface area contributed by atoms with Crippen LogP contribution in [0.25, 0.3) is 0 Å². The number of hydrogen-bond acceptors (Lipinski definition) is 4. The van der Waals surface area contributed by atoms with E-state index in [-0.39, 0.29) is 0 Å². The maximum Gasteiger partial charge on any atom is 0.302 e. The van der Waals surface area contributed by atoms with Gasteiger partial charge in [0.2, 0.25) is 0 Å². The summed E-state index contributed by atoms with van der Waals surface area (Å²) in [6.07, 6.45) is 0.846. The molecule has 2 aliphatic heterocycles. The number of thiocarbonyl (C=S) groups is 1. The largest absolute Gasteiger partial charge is 0.370 e. The third kappa shape index (κ3) is 2.13. The van der Waals surface area contributed by atoms with Gasteiger partial charge in [0.05, 0.1) is 13.2 Å². The molecule has 1 fully saturated rings. The minimum absolute atomic E-state index is 0.538. The highest BCUT2D eigenvalue weighted by molar-refractivity contribution is 7.80. The highest BCUT2D eigenvalue weighted by Gasteiger charge is 2.42. The highest BCUT2D eigenvalue weighted by Crippen LogP contribution is 2.20. The molecule has 6 heteroatoms. The number of quaternary nitrogens is 1. The maximum absolute atomic E-state index is 5.42. The molecule has 17 heavy (non-hydrogen) atoms. The third-order valence-corrected chi connectivity index (χ3v) is 4.39. The van der Waals surface area contributed by atoms with Crippen molar-refractivity contribution in [3.8, 4) is 0 Å². The summed E-state index contributed by atoms with van der Waals surface area (Å²) in [5.74, 6) is 0.986. The summed E-state index contributed by atoms with van der Waals surface area (Å²) in [6, 6.07) is 4.19. The van der Waals surface area contributed by atoms with Gasteiger partial charge in [-0.25, -0.2) is 0 Å². The smallest absolute Gasteiger partial charge is 0.302 e. The zero-order chi connectivity index (χ0) is 11.7. The molecule has 1 saturated heterocycles. The van der Waals surface area contributed by atoms with Crippen molar-refractivity contribution >= 4 is 34.5 Å². The van der Waals surface area contributed by atoms with E-state index in [0.717, 1.165) is 43.7 Å². The molecule has 0 saturated carbocycles. The van der Waals surface area contributed by atoms with Gasteiger partial charge in [0.25, 0.3) is 0 Å². The first kappa shape index (κ1) is 11.3. The molecule has 1 N–H and O–H groups in total. The van der Waals surface area contributed by atoms with Crippen LogP contribution in [-0.4, -0.2) is 41.8 Å². The number of thiophene rings is 1. The van der Waals surface area contributed by atoms with Crippen molar-refractivity contribution in [2.45, 2.75) is 6.42 Å². The van der Waals surface area contributed by atoms with E-state index in [1.165, 1.54) is 4.88 Å². The van der Waals surface area contributed by atoms with Crippen LogP contribution in [0.2, 0.25) is 0 Å². The van der Waals surface area contributed by atoms with E-state index in [2.05, 4.69) is 22.8 Å². The Kier molecular flexibility index (Phi) is 2.96. The van der Waals surface area contributed by atoms with Crippen molar-refractivity contribution < 1.29 is 9.33 Å². The van der Waals surface area contributed by atoms with Crippen molar-refractivity contribution in [1.82, 2.24) is 5.32 Å². The summed E-state index contributed by atoms with van der Waals surface area (Å²) in [5.41, 5.74) is 0. The number of amidine groups is 1. The van der Waals surface area contributed by atoms with Crippen LogP contribution >= 0.6 is 23.6 Å². The third-order valence-electron chi connectivity index (χ3n) is 3.07. The molecule has 1 aromatic rings. The molecule has 4 nitrogen and oxygen atoms in total. The van der Waals surface area contributed by atoms with Crippen LogP contribution < -0.4 is 5.32 Å². The van der Waals surface area contributed by atoms with E-state index in [1.807, 2.05) is 0 Å². The minimum atomic E-state index is 0.538. The highest BCUT2D eigenvalue weighted by atomic mass is 32.1. The van der Waals surface area contributed by atoms with Gasteiger partial charge < -0.3 is 4.74 Å². The zero-order valence-electron chi connectivity index (χ0n) is 9.39. The van der Waals surface area contributed by atoms with E-state index in [4.69, 9.17) is 22.1 Å². The fourth-order valence-corrected chi connectivity index (χ4v) is 3.19. The Balaban J connectivity index is 1.78. The average molecular weight is 268 g/mol. The molecule has 0 unspecified atom stereocenters. The number of rotatable bonds is 2. The van der Waals surface area contributed by atoms with Gasteiger partial charge in [0, 0.05) is 23.5 Å². The van der Waals surface area contributed by atoms with E-state index in [1.54, 1.807) is 11.3 Å². The Morgan fingerprint density at radius 3 is 3.00 bits per heavy atom. The van der Waals surface area contributed by atoms with Crippen LogP contribution in [0.5, 0.6) is 0 Å². The van der Waals surface area contributed by atoms with Crippen LogP contribution in [-0.2, 0) is 11.2 Å². The fraction of sp³-hybridized carbons (Fsp3) is 0.455. The average Bonchev–Trinajstić information content (AvgIpc) is 2.91. The van der Waals surface area contributed by atoms with Crippen LogP contribution in [0.1, 0.15) is 4.88 Å². The molecule has 0 aromatic carbocycles. The molecule has 3 rings (SSSR count). The summed E-state index contributed by atoms with van der Waals surface area (Å²) in [6.45, 7) is 3.16. The maximum atomic E-state index is 5.42. The molecule has 0 amide bonds. The molecule has 90 valence electrons. The van der Waals surface area contributed by atoms with Gasteiger partial charge in [-0.2, -0.15) is 0 Å². The quantitative estimate of drug-likeness (QED) is 0.649. The minimum Gasteiger partial charge on any atom is -0.370 e. The Bertz CT molecular complexity index is 449. The fourth-order valence-electron chi connectivity index (χ4n) is 2.13. The second kappa shape index (κ2) is 4.45. The lowest BCUT2D eigenvalue weighted by Crippen LogP contribution is -2.54. The van der Waals surface area contributed by atoms with E-state index in [9.17, 15) is 0 Å². The first-order chi connectivity index (χ1) is 8.28. The van der Waals surface area contributed by atoms with Gasteiger partial charge in [0.15, 0.2) is 5.84 Å². The van der Waals surface area contributed by atoms with Gasteiger partial charge in [-0.15, -0.1) is 15.9 Å². The lowest BCUT2D eigenvalue weighted by Gasteiger charge is -2.30. The summed E-state index contributed by atoms with van der Waals surface area (Å²) in [7, 11) is 0.